The van der Waals surface area contributed by atoms with Crippen molar-refractivity contribution in [3.8, 4) is 0 Å². The van der Waals surface area contributed by atoms with Gasteiger partial charge >= 0.3 is 0 Å². The summed E-state index contributed by atoms with van der Waals surface area (Å²) < 4.78 is 13.4. The number of anilines is 3. The first-order valence-electron chi connectivity index (χ1n) is 19.5. The third-order valence-corrected chi connectivity index (χ3v) is 12.1. The van der Waals surface area contributed by atoms with Crippen molar-refractivity contribution in [2.45, 2.75) is 39.2 Å². The van der Waals surface area contributed by atoms with Gasteiger partial charge in [0.15, 0.2) is 0 Å². The summed E-state index contributed by atoms with van der Waals surface area (Å²) in [5.41, 5.74) is 5.09. The van der Waals surface area contributed by atoms with E-state index in [1.165, 1.54) is 56.9 Å². The summed E-state index contributed by atoms with van der Waals surface area (Å²) in [6.45, 7) is 15.6. The summed E-state index contributed by atoms with van der Waals surface area (Å²) in [4.78, 5) is 20.9. The number of aromatic nitrogens is 6. The minimum atomic E-state index is 0.523. The fourth-order valence-corrected chi connectivity index (χ4v) is 8.79. The highest BCUT2D eigenvalue weighted by molar-refractivity contribution is 7.10. The van der Waals surface area contributed by atoms with Crippen LogP contribution in [0.15, 0.2) is 84.9 Å². The highest BCUT2D eigenvalue weighted by Crippen LogP contribution is 2.22. The third kappa shape index (κ3) is 12.1. The Labute approximate surface area is 343 Å². The fourth-order valence-electron chi connectivity index (χ4n) is 6.60. The van der Waals surface area contributed by atoms with E-state index < -0.39 is 0 Å². The van der Waals surface area contributed by atoms with Crippen molar-refractivity contribution in [3.05, 3.63) is 125 Å². The van der Waals surface area contributed by atoms with E-state index in [-0.39, 0.29) is 0 Å². The van der Waals surface area contributed by atoms with Crippen molar-refractivity contribution in [1.82, 2.24) is 44.0 Å². The molecule has 3 aromatic carbocycles. The quantitative estimate of drug-likeness (QED) is 0.176. The first kappa shape index (κ1) is 39.8. The molecule has 6 aromatic rings. The second-order valence-electron chi connectivity index (χ2n) is 14.2. The van der Waals surface area contributed by atoms with Crippen molar-refractivity contribution in [2.75, 3.05) is 86.7 Å². The lowest BCUT2D eigenvalue weighted by Crippen LogP contribution is -2.49. The van der Waals surface area contributed by atoms with Gasteiger partial charge in [-0.05, 0) is 30.5 Å². The molecule has 1 unspecified atom stereocenters. The van der Waals surface area contributed by atoms with Gasteiger partial charge in [-0.1, -0.05) is 90.5 Å². The van der Waals surface area contributed by atoms with Crippen molar-refractivity contribution in [3.63, 3.8) is 0 Å². The number of benzene rings is 3. The molecule has 0 aliphatic carbocycles. The van der Waals surface area contributed by atoms with Gasteiger partial charge in [-0.3, -0.25) is 0 Å². The molecule has 12 nitrogen and oxygen atoms in total. The first-order chi connectivity index (χ1) is 27.5. The lowest BCUT2D eigenvalue weighted by molar-refractivity contribution is 0.484. The van der Waals surface area contributed by atoms with Gasteiger partial charge in [0.25, 0.3) is 0 Å². The molecule has 3 aromatic heterocycles. The van der Waals surface area contributed by atoms with Crippen LogP contribution in [0.3, 0.4) is 0 Å². The maximum absolute atomic E-state index is 4.67. The van der Waals surface area contributed by atoms with Gasteiger partial charge in [0.2, 0.25) is 15.4 Å². The molecule has 3 N–H and O–H groups in total. The Hall–Kier alpha value is -4.38. The summed E-state index contributed by atoms with van der Waals surface area (Å²) in [5.74, 6) is 2.79. The lowest BCUT2D eigenvalue weighted by Gasteiger charge is -2.31. The molecule has 0 bridgehead atoms. The molecule has 294 valence electrons. The smallest absolute Gasteiger partial charge is 0.205 e. The Bertz CT molecular complexity index is 2010. The van der Waals surface area contributed by atoms with Crippen LogP contribution in [-0.4, -0.2) is 106 Å². The van der Waals surface area contributed by atoms with Crippen LogP contribution in [0.1, 0.15) is 46.7 Å². The predicted octanol–water partition coefficient (Wildman–Crippen LogP) is 5.31. The van der Waals surface area contributed by atoms with E-state index in [9.17, 15) is 0 Å². The molecule has 15 heteroatoms. The number of hydrogen-bond acceptors (Lipinski definition) is 15. The Morgan fingerprint density at radius 2 is 0.911 bits per heavy atom. The zero-order chi connectivity index (χ0) is 38.4. The van der Waals surface area contributed by atoms with Crippen LogP contribution in [-0.2, 0) is 19.3 Å². The van der Waals surface area contributed by atoms with Crippen LogP contribution in [0, 0.1) is 6.92 Å². The van der Waals surface area contributed by atoms with E-state index in [0.717, 1.165) is 124 Å². The summed E-state index contributed by atoms with van der Waals surface area (Å²) in [6.07, 6.45) is 2.46. The summed E-state index contributed by atoms with van der Waals surface area (Å²) in [7, 11) is 0. The van der Waals surface area contributed by atoms with Crippen molar-refractivity contribution in [2.24, 2.45) is 0 Å². The van der Waals surface area contributed by atoms with Crippen molar-refractivity contribution in [1.29, 1.82) is 0 Å². The minimum absolute atomic E-state index is 0.523. The molecule has 3 aliphatic rings. The molecule has 0 amide bonds. The Morgan fingerprint density at radius 3 is 1.34 bits per heavy atom. The molecule has 0 saturated carbocycles. The molecule has 1 atom stereocenters. The molecular formula is C41H52N12S3. The maximum Gasteiger partial charge on any atom is 0.205 e. The normalized spacial score (nSPS) is 17.1. The Balaban J connectivity index is 0.000000129. The third-order valence-electron chi connectivity index (χ3n) is 9.68. The molecule has 6 heterocycles. The highest BCUT2D eigenvalue weighted by atomic mass is 32.1. The number of rotatable bonds is 9. The number of nitrogens with zero attached hydrogens (tertiary/aromatic N) is 9. The number of piperazine rings is 3. The average molecular weight is 809 g/mol. The van der Waals surface area contributed by atoms with Gasteiger partial charge < -0.3 is 30.7 Å². The van der Waals surface area contributed by atoms with Crippen LogP contribution in [0.5, 0.6) is 0 Å². The Morgan fingerprint density at radius 1 is 0.518 bits per heavy atom. The van der Waals surface area contributed by atoms with Crippen LogP contribution in [0.2, 0.25) is 0 Å². The van der Waals surface area contributed by atoms with E-state index in [1.54, 1.807) is 0 Å². The van der Waals surface area contributed by atoms with E-state index in [0.29, 0.717) is 6.04 Å². The van der Waals surface area contributed by atoms with E-state index >= 15 is 0 Å². The fraction of sp³-hybridized carbons (Fsp3) is 0.415. The molecule has 9 rings (SSSR count). The number of nitrogens with one attached hydrogen (secondary N) is 3. The minimum Gasteiger partial charge on any atom is -0.344 e. The number of hydrogen-bond donors (Lipinski definition) is 3. The molecule has 56 heavy (non-hydrogen) atoms. The van der Waals surface area contributed by atoms with Crippen LogP contribution in [0.25, 0.3) is 0 Å². The predicted molar refractivity (Wildman–Crippen MR) is 232 cm³/mol. The van der Waals surface area contributed by atoms with Crippen molar-refractivity contribution < 1.29 is 0 Å². The Kier molecular flexibility index (Phi) is 14.7. The largest absolute Gasteiger partial charge is 0.344 e. The van der Waals surface area contributed by atoms with Gasteiger partial charge in [-0.25, -0.2) is 15.0 Å². The lowest BCUT2D eigenvalue weighted by atomic mass is 10.1. The van der Waals surface area contributed by atoms with Gasteiger partial charge in [0, 0.05) is 132 Å². The first-order valence-corrected chi connectivity index (χ1v) is 21.9. The number of aryl methyl sites for hydroxylation is 1. The zero-order valence-corrected chi connectivity index (χ0v) is 34.8. The van der Waals surface area contributed by atoms with E-state index in [4.69, 9.17) is 0 Å². The van der Waals surface area contributed by atoms with Gasteiger partial charge in [0.05, 0.1) is 0 Å². The average Bonchev–Trinajstić information content (AvgIpc) is 4.03. The summed E-state index contributed by atoms with van der Waals surface area (Å²) in [5, 5.41) is 13.3. The maximum atomic E-state index is 4.67. The van der Waals surface area contributed by atoms with Crippen molar-refractivity contribution >= 4 is 50.0 Å². The standard InChI is InChI=1S/2C14H18N4S.C13H16N4S/c1-11-2-4-12(5-3-11)10-13-16-14(19-17-13)18-8-6-15-7-9-18;1-11-10-18(8-7-15-11)14-16-13(17-19-14)9-12-5-3-2-4-6-12;1-2-4-11(5-3-1)10-12-15-13(18-16-12)17-8-6-14-7-9-17/h2-5,15H,6-10H2,1H3;2-6,11,15H,7-10H2,1H3;1-5,14H,6-10H2. The molecule has 0 spiro atoms. The highest BCUT2D eigenvalue weighted by Gasteiger charge is 2.20. The van der Waals surface area contributed by atoms with Gasteiger partial charge in [-0.15, -0.1) is 0 Å². The van der Waals surface area contributed by atoms with Gasteiger partial charge in [-0.2, -0.15) is 13.1 Å². The summed E-state index contributed by atoms with van der Waals surface area (Å²) in [6, 6.07) is 29.9. The van der Waals surface area contributed by atoms with Crippen LogP contribution in [0.4, 0.5) is 15.4 Å². The SMILES string of the molecule is CC1CN(c2nc(Cc3ccccc3)ns2)CCN1.Cc1ccc(Cc2nsc(N3CCNCC3)n2)cc1.c1ccc(Cc2nsc(N3CCNCC3)n2)cc1. The molecule has 3 aliphatic heterocycles. The second kappa shape index (κ2) is 20.7. The topological polar surface area (TPSA) is 123 Å². The van der Waals surface area contributed by atoms with Crippen LogP contribution < -0.4 is 30.7 Å². The van der Waals surface area contributed by atoms with Crippen LogP contribution >= 0.6 is 34.6 Å². The molecule has 0 radical (unpaired) electrons. The molecule has 3 fully saturated rings. The van der Waals surface area contributed by atoms with E-state index in [1.807, 2.05) is 12.1 Å². The monoisotopic (exact) mass is 808 g/mol. The summed E-state index contributed by atoms with van der Waals surface area (Å²) >= 11 is 4.54. The molecule has 3 saturated heterocycles. The van der Waals surface area contributed by atoms with E-state index in [2.05, 4.69) is 145 Å². The van der Waals surface area contributed by atoms with Gasteiger partial charge in [0.1, 0.15) is 17.5 Å². The molecular weight excluding hydrogens is 757 g/mol. The second-order valence-corrected chi connectivity index (χ2v) is 16.4. The zero-order valence-electron chi connectivity index (χ0n) is 32.3.